The topological polar surface area (TPSA) is 59.6 Å². The van der Waals surface area contributed by atoms with Crippen molar-refractivity contribution in [3.05, 3.63) is 89.4 Å². The molecule has 1 amide bonds. The molecule has 3 rings (SSSR count). The Morgan fingerprint density at radius 3 is 2.31 bits per heavy atom. The zero-order valence-corrected chi connectivity index (χ0v) is 17.0. The fourth-order valence-electron chi connectivity index (χ4n) is 2.49. The molecule has 0 atom stereocenters. The zero-order chi connectivity index (χ0) is 20.5. The Kier molecular flexibility index (Phi) is 7.44. The molecule has 0 aliphatic heterocycles. The molecule has 0 aliphatic rings. The average Bonchev–Trinajstić information content (AvgIpc) is 2.74. The SMILES string of the molecule is O=C(NC(=S)Nc1ccccc1Cl)c1ccccc1OCCOc1ccccc1. The Bertz CT molecular complexity index is 983. The lowest BCUT2D eigenvalue weighted by Crippen LogP contribution is -2.34. The number of ether oxygens (including phenoxy) is 2. The van der Waals surface area contributed by atoms with Crippen molar-refractivity contribution in [3.8, 4) is 11.5 Å². The van der Waals surface area contributed by atoms with Gasteiger partial charge in [0.25, 0.3) is 5.91 Å². The summed E-state index contributed by atoms with van der Waals surface area (Å²) in [6, 6.07) is 23.5. The van der Waals surface area contributed by atoms with E-state index in [2.05, 4.69) is 10.6 Å². The van der Waals surface area contributed by atoms with Crippen molar-refractivity contribution in [1.29, 1.82) is 0 Å². The van der Waals surface area contributed by atoms with Crippen LogP contribution in [0.15, 0.2) is 78.9 Å². The van der Waals surface area contributed by atoms with Crippen molar-refractivity contribution in [2.45, 2.75) is 0 Å². The van der Waals surface area contributed by atoms with E-state index in [-0.39, 0.29) is 11.0 Å². The van der Waals surface area contributed by atoms with Gasteiger partial charge in [0.2, 0.25) is 0 Å². The number of amides is 1. The molecule has 3 aromatic rings. The second-order valence-electron chi connectivity index (χ2n) is 5.89. The van der Waals surface area contributed by atoms with Crippen molar-refractivity contribution in [3.63, 3.8) is 0 Å². The number of para-hydroxylation sites is 3. The number of anilines is 1. The summed E-state index contributed by atoms with van der Waals surface area (Å²) < 4.78 is 11.3. The monoisotopic (exact) mass is 426 g/mol. The van der Waals surface area contributed by atoms with Crippen LogP contribution in [0.4, 0.5) is 5.69 Å². The maximum Gasteiger partial charge on any atom is 0.261 e. The molecule has 0 unspecified atom stereocenters. The first-order valence-electron chi connectivity index (χ1n) is 8.90. The van der Waals surface area contributed by atoms with E-state index < -0.39 is 0 Å². The van der Waals surface area contributed by atoms with Gasteiger partial charge in [-0.3, -0.25) is 10.1 Å². The van der Waals surface area contributed by atoms with Crippen molar-refractivity contribution in [2.24, 2.45) is 0 Å². The number of nitrogens with one attached hydrogen (secondary N) is 2. The first kappa shape index (κ1) is 20.6. The van der Waals surface area contributed by atoms with Crippen LogP contribution < -0.4 is 20.1 Å². The van der Waals surface area contributed by atoms with Crippen LogP contribution in [0.1, 0.15) is 10.4 Å². The number of carbonyl (C=O) groups excluding carboxylic acids is 1. The molecule has 0 aromatic heterocycles. The smallest absolute Gasteiger partial charge is 0.261 e. The van der Waals surface area contributed by atoms with E-state index in [1.54, 1.807) is 36.4 Å². The van der Waals surface area contributed by atoms with Crippen LogP contribution >= 0.6 is 23.8 Å². The first-order valence-corrected chi connectivity index (χ1v) is 9.68. The van der Waals surface area contributed by atoms with Gasteiger partial charge in [-0.2, -0.15) is 0 Å². The van der Waals surface area contributed by atoms with Crippen LogP contribution in [0.5, 0.6) is 11.5 Å². The summed E-state index contributed by atoms with van der Waals surface area (Å²) in [7, 11) is 0. The van der Waals surface area contributed by atoms with E-state index >= 15 is 0 Å². The maximum absolute atomic E-state index is 12.6. The minimum absolute atomic E-state index is 0.144. The minimum atomic E-state index is -0.380. The summed E-state index contributed by atoms with van der Waals surface area (Å²) in [6.07, 6.45) is 0. The third-order valence-electron chi connectivity index (χ3n) is 3.83. The molecule has 0 heterocycles. The van der Waals surface area contributed by atoms with Gasteiger partial charge in [-0.05, 0) is 48.6 Å². The Labute approximate surface area is 179 Å². The van der Waals surface area contributed by atoms with Gasteiger partial charge in [0.1, 0.15) is 24.7 Å². The second kappa shape index (κ2) is 10.5. The average molecular weight is 427 g/mol. The summed E-state index contributed by atoms with van der Waals surface area (Å²) in [6.45, 7) is 0.647. The number of hydrogen-bond donors (Lipinski definition) is 2. The van der Waals surface area contributed by atoms with Gasteiger partial charge in [0.15, 0.2) is 5.11 Å². The predicted octanol–water partition coefficient (Wildman–Crippen LogP) is 4.92. The highest BCUT2D eigenvalue weighted by Gasteiger charge is 2.14. The van der Waals surface area contributed by atoms with E-state index in [4.69, 9.17) is 33.3 Å². The number of thiocarbonyl (C=S) groups is 1. The Balaban J connectivity index is 1.55. The van der Waals surface area contributed by atoms with E-state index in [1.165, 1.54) is 0 Å². The Morgan fingerprint density at radius 2 is 1.52 bits per heavy atom. The molecule has 7 heteroatoms. The fourth-order valence-corrected chi connectivity index (χ4v) is 2.88. The standard InChI is InChI=1S/C22H19ClN2O3S/c23-18-11-5-6-12-19(18)24-22(29)25-21(26)17-10-4-7-13-20(17)28-15-14-27-16-8-2-1-3-9-16/h1-13H,14-15H2,(H2,24,25,26,29). The molecular formula is C22H19ClN2O3S. The van der Waals surface area contributed by atoms with Crippen molar-refractivity contribution < 1.29 is 14.3 Å². The van der Waals surface area contributed by atoms with E-state index in [9.17, 15) is 4.79 Å². The number of hydrogen-bond acceptors (Lipinski definition) is 4. The lowest BCUT2D eigenvalue weighted by Gasteiger charge is -2.14. The number of rotatable bonds is 7. The lowest BCUT2D eigenvalue weighted by molar-refractivity contribution is 0.0972. The van der Waals surface area contributed by atoms with Gasteiger partial charge in [0.05, 0.1) is 16.3 Å². The number of carbonyl (C=O) groups is 1. The Morgan fingerprint density at radius 1 is 0.862 bits per heavy atom. The van der Waals surface area contributed by atoms with E-state index in [1.807, 2.05) is 42.5 Å². The highest BCUT2D eigenvalue weighted by molar-refractivity contribution is 7.80. The molecule has 148 valence electrons. The number of benzene rings is 3. The van der Waals surface area contributed by atoms with Crippen LogP contribution in [0.25, 0.3) is 0 Å². The van der Waals surface area contributed by atoms with Crippen LogP contribution in [0, 0.1) is 0 Å². The lowest BCUT2D eigenvalue weighted by atomic mass is 10.2. The molecule has 0 saturated carbocycles. The second-order valence-corrected chi connectivity index (χ2v) is 6.71. The third kappa shape index (κ3) is 6.20. The summed E-state index contributed by atoms with van der Waals surface area (Å²) in [4.78, 5) is 12.6. The van der Waals surface area contributed by atoms with E-state index in [0.717, 1.165) is 5.75 Å². The van der Waals surface area contributed by atoms with Gasteiger partial charge in [0, 0.05) is 0 Å². The van der Waals surface area contributed by atoms with Gasteiger partial charge < -0.3 is 14.8 Å². The van der Waals surface area contributed by atoms with Crippen LogP contribution in [-0.2, 0) is 0 Å². The highest BCUT2D eigenvalue weighted by Crippen LogP contribution is 2.21. The molecule has 0 saturated heterocycles. The quantitative estimate of drug-likeness (QED) is 0.414. The Hall–Kier alpha value is -3.09. The molecule has 5 nitrogen and oxygen atoms in total. The zero-order valence-electron chi connectivity index (χ0n) is 15.4. The molecule has 0 spiro atoms. The van der Waals surface area contributed by atoms with Crippen LogP contribution in [0.3, 0.4) is 0 Å². The van der Waals surface area contributed by atoms with Gasteiger partial charge in [-0.15, -0.1) is 0 Å². The number of halogens is 1. The third-order valence-corrected chi connectivity index (χ3v) is 4.37. The highest BCUT2D eigenvalue weighted by atomic mass is 35.5. The van der Waals surface area contributed by atoms with Gasteiger partial charge >= 0.3 is 0 Å². The summed E-state index contributed by atoms with van der Waals surface area (Å²) in [5, 5.41) is 6.20. The molecule has 0 bridgehead atoms. The fraction of sp³-hybridized carbons (Fsp3) is 0.0909. The van der Waals surface area contributed by atoms with Crippen LogP contribution in [0.2, 0.25) is 5.02 Å². The molecule has 3 aromatic carbocycles. The largest absolute Gasteiger partial charge is 0.490 e. The minimum Gasteiger partial charge on any atom is -0.490 e. The van der Waals surface area contributed by atoms with Crippen molar-refractivity contribution in [1.82, 2.24) is 5.32 Å². The molecule has 0 fully saturated rings. The molecular weight excluding hydrogens is 408 g/mol. The summed E-state index contributed by atoms with van der Waals surface area (Å²) in [5.74, 6) is 0.828. The molecule has 0 radical (unpaired) electrons. The summed E-state index contributed by atoms with van der Waals surface area (Å²) >= 11 is 11.3. The first-order chi connectivity index (χ1) is 14.1. The van der Waals surface area contributed by atoms with Gasteiger partial charge in [-0.1, -0.05) is 54.1 Å². The normalized spacial score (nSPS) is 10.1. The molecule has 29 heavy (non-hydrogen) atoms. The maximum atomic E-state index is 12.6. The molecule has 2 N–H and O–H groups in total. The predicted molar refractivity (Wildman–Crippen MR) is 119 cm³/mol. The van der Waals surface area contributed by atoms with Crippen molar-refractivity contribution in [2.75, 3.05) is 18.5 Å². The molecule has 0 aliphatic carbocycles. The van der Waals surface area contributed by atoms with Crippen LogP contribution in [-0.4, -0.2) is 24.2 Å². The van der Waals surface area contributed by atoms with Crippen molar-refractivity contribution >= 4 is 40.5 Å². The van der Waals surface area contributed by atoms with E-state index in [0.29, 0.717) is 35.2 Å². The summed E-state index contributed by atoms with van der Waals surface area (Å²) in [5.41, 5.74) is 0.984. The van der Waals surface area contributed by atoms with Gasteiger partial charge in [-0.25, -0.2) is 0 Å².